The zero-order chi connectivity index (χ0) is 66.6. The van der Waals surface area contributed by atoms with E-state index in [1.807, 2.05) is 0 Å². The molecule has 2 saturated heterocycles. The largest absolute Gasteiger partial charge is 0.394 e. The summed E-state index contributed by atoms with van der Waals surface area (Å²) in [6.07, 6.45) is 68.9. The van der Waals surface area contributed by atoms with E-state index in [0.717, 1.165) is 96.3 Å². The third kappa shape index (κ3) is 44.8. The molecule has 534 valence electrons. The first-order valence-electron chi connectivity index (χ1n) is 37.8. The first kappa shape index (κ1) is 85.3. The number of hydrogen-bond donors (Lipinski definition) is 9. The lowest BCUT2D eigenvalue weighted by Gasteiger charge is -2.46. The molecule has 92 heavy (non-hydrogen) atoms. The molecule has 14 nitrogen and oxygen atoms in total. The number of aliphatic hydroxyl groups is 8. The van der Waals surface area contributed by atoms with Crippen molar-refractivity contribution in [3.8, 4) is 0 Å². The number of amides is 1. The van der Waals surface area contributed by atoms with Gasteiger partial charge in [0.05, 0.1) is 32.0 Å². The molecule has 2 aliphatic rings. The molecule has 0 aromatic heterocycles. The Morgan fingerprint density at radius 2 is 0.750 bits per heavy atom. The van der Waals surface area contributed by atoms with Crippen LogP contribution in [-0.4, -0.2) is 140 Å². The highest BCUT2D eigenvalue weighted by molar-refractivity contribution is 5.76. The van der Waals surface area contributed by atoms with E-state index in [1.165, 1.54) is 186 Å². The molecule has 0 saturated carbocycles. The highest BCUT2D eigenvalue weighted by Gasteiger charge is 2.51. The summed E-state index contributed by atoms with van der Waals surface area (Å²) in [5.74, 6) is -0.205. The zero-order valence-corrected chi connectivity index (χ0v) is 58.3. The molecule has 1 amide bonds. The third-order valence-corrected chi connectivity index (χ3v) is 18.1. The maximum Gasteiger partial charge on any atom is 0.220 e. The summed E-state index contributed by atoms with van der Waals surface area (Å²) in [7, 11) is 0. The number of aliphatic hydroxyl groups excluding tert-OH is 8. The Balaban J connectivity index is 1.61. The van der Waals surface area contributed by atoms with Gasteiger partial charge in [0.1, 0.15) is 48.8 Å². The third-order valence-electron chi connectivity index (χ3n) is 18.1. The van der Waals surface area contributed by atoms with E-state index >= 15 is 0 Å². The molecule has 2 aliphatic heterocycles. The van der Waals surface area contributed by atoms with Crippen molar-refractivity contribution in [3.05, 3.63) is 85.1 Å². The van der Waals surface area contributed by atoms with Crippen molar-refractivity contribution in [3.63, 3.8) is 0 Å². The number of nitrogens with one attached hydrogen (secondary N) is 1. The molecule has 0 aromatic rings. The van der Waals surface area contributed by atoms with Crippen molar-refractivity contribution >= 4 is 5.91 Å². The number of carbonyl (C=O) groups excluding carboxylic acids is 1. The highest BCUT2D eigenvalue weighted by atomic mass is 16.7. The predicted octanol–water partition coefficient (Wildman–Crippen LogP) is 16.4. The highest BCUT2D eigenvalue weighted by Crippen LogP contribution is 2.30. The second kappa shape index (κ2) is 61.7. The van der Waals surface area contributed by atoms with E-state index in [-0.39, 0.29) is 12.5 Å². The second-order valence-electron chi connectivity index (χ2n) is 26.4. The molecule has 14 heteroatoms. The van der Waals surface area contributed by atoms with Crippen LogP contribution in [0.1, 0.15) is 309 Å². The van der Waals surface area contributed by atoms with E-state index in [0.29, 0.717) is 12.8 Å². The Bertz CT molecular complexity index is 1870. The van der Waals surface area contributed by atoms with Crippen molar-refractivity contribution in [2.75, 3.05) is 19.8 Å². The van der Waals surface area contributed by atoms with E-state index in [4.69, 9.17) is 18.9 Å². The van der Waals surface area contributed by atoms with Gasteiger partial charge in [-0.3, -0.25) is 4.79 Å². The number of allylic oxidation sites excluding steroid dienone is 14. The zero-order valence-electron chi connectivity index (χ0n) is 58.3. The molecule has 0 spiro atoms. The van der Waals surface area contributed by atoms with E-state index in [9.17, 15) is 45.6 Å². The molecule has 12 atom stereocenters. The number of hydrogen-bond acceptors (Lipinski definition) is 13. The Kier molecular flexibility index (Phi) is 57.2. The Morgan fingerprint density at radius 1 is 0.402 bits per heavy atom. The normalized spacial score (nSPS) is 23.2. The quantitative estimate of drug-likeness (QED) is 0.0204. The molecule has 9 N–H and O–H groups in total. The molecule has 0 radical (unpaired) electrons. The van der Waals surface area contributed by atoms with Gasteiger partial charge < -0.3 is 65.1 Å². The molecule has 0 bridgehead atoms. The minimum absolute atomic E-state index is 0.205. The Labute approximate surface area is 561 Å². The first-order valence-corrected chi connectivity index (χ1v) is 37.8. The fourth-order valence-corrected chi connectivity index (χ4v) is 12.2. The van der Waals surface area contributed by atoms with Crippen LogP contribution < -0.4 is 5.32 Å². The van der Waals surface area contributed by atoms with Gasteiger partial charge in [-0.1, -0.05) is 317 Å². The van der Waals surface area contributed by atoms with E-state index in [1.54, 1.807) is 0 Å². The summed E-state index contributed by atoms with van der Waals surface area (Å²) in [6.45, 7) is 2.78. The fourth-order valence-electron chi connectivity index (χ4n) is 12.2. The Morgan fingerprint density at radius 3 is 1.15 bits per heavy atom. The average molecular weight is 1300 g/mol. The Hall–Kier alpha value is -2.83. The van der Waals surface area contributed by atoms with Crippen molar-refractivity contribution < 1.29 is 64.6 Å². The monoisotopic (exact) mass is 1300 g/mol. The van der Waals surface area contributed by atoms with Gasteiger partial charge in [0.25, 0.3) is 0 Å². The van der Waals surface area contributed by atoms with Gasteiger partial charge in [-0.05, 0) is 70.6 Å². The lowest BCUT2D eigenvalue weighted by molar-refractivity contribution is -0.359. The van der Waals surface area contributed by atoms with Crippen LogP contribution in [0.4, 0.5) is 0 Å². The number of carbonyl (C=O) groups is 1. The van der Waals surface area contributed by atoms with Crippen LogP contribution in [0.25, 0.3) is 0 Å². The summed E-state index contributed by atoms with van der Waals surface area (Å²) in [4.78, 5) is 13.4. The van der Waals surface area contributed by atoms with Gasteiger partial charge >= 0.3 is 0 Å². The van der Waals surface area contributed by atoms with Crippen molar-refractivity contribution in [2.24, 2.45) is 0 Å². The minimum Gasteiger partial charge on any atom is -0.394 e. The summed E-state index contributed by atoms with van der Waals surface area (Å²) in [5.41, 5.74) is 0. The number of rotatable bonds is 62. The van der Waals surface area contributed by atoms with Crippen LogP contribution in [0.2, 0.25) is 0 Å². The average Bonchev–Trinajstić information content (AvgIpc) is 0.915. The van der Waals surface area contributed by atoms with Gasteiger partial charge in [0.2, 0.25) is 5.91 Å². The molecular formula is C78H139NO13. The molecule has 12 unspecified atom stereocenters. The summed E-state index contributed by atoms with van der Waals surface area (Å²) in [6, 6.07) is -0.833. The molecule has 2 rings (SSSR count). The lowest BCUT2D eigenvalue weighted by Crippen LogP contribution is -2.65. The second-order valence-corrected chi connectivity index (χ2v) is 26.4. The minimum atomic E-state index is -1.79. The molecule has 0 aromatic carbocycles. The maximum absolute atomic E-state index is 13.4. The maximum atomic E-state index is 13.4. The van der Waals surface area contributed by atoms with Crippen LogP contribution >= 0.6 is 0 Å². The van der Waals surface area contributed by atoms with Gasteiger partial charge in [-0.15, -0.1) is 0 Å². The first-order chi connectivity index (χ1) is 45.1. The van der Waals surface area contributed by atoms with Crippen LogP contribution in [0.5, 0.6) is 0 Å². The van der Waals surface area contributed by atoms with Crippen molar-refractivity contribution in [1.29, 1.82) is 0 Å². The molecule has 0 aliphatic carbocycles. The topological polar surface area (TPSA) is 228 Å². The van der Waals surface area contributed by atoms with E-state index < -0.39 is 86.8 Å². The van der Waals surface area contributed by atoms with Crippen molar-refractivity contribution in [2.45, 2.75) is 383 Å². The molecule has 2 heterocycles. The summed E-state index contributed by atoms with van der Waals surface area (Å²) >= 11 is 0. The standard InChI is InChI=1S/C78H139NO13/c1-3-5-7-9-11-13-15-17-19-21-23-25-26-27-28-29-30-31-32-33-34-35-36-37-38-39-40-42-44-46-48-50-52-54-56-58-60-62-70(83)79-66(67(82)61-59-57-55-53-51-49-47-45-43-41-24-22-20-18-16-14-12-10-8-6-4-2)65-89-77-75(88)73(86)76(69(64-81)91-77)92-78-74(87)72(85)71(84)68(63-80)90-78/h5,7,11,13,17,19,23,25,27-28,30-31,33-34,66-69,71-78,80-82,84-88H,3-4,6,8-10,12,14-16,18,20-22,24,26,29,32,35-65H2,1-2H3,(H,79,83)/b7-5-,13-11-,19-17-,25-23-,28-27-,31-30-,34-33-. The van der Waals surface area contributed by atoms with Crippen LogP contribution in [-0.2, 0) is 23.7 Å². The van der Waals surface area contributed by atoms with E-state index in [2.05, 4.69) is 104 Å². The summed E-state index contributed by atoms with van der Waals surface area (Å²) in [5, 5.41) is 87.7. The van der Waals surface area contributed by atoms with Gasteiger partial charge in [-0.25, -0.2) is 0 Å². The number of unbranched alkanes of at least 4 members (excludes halogenated alkanes) is 35. The fraction of sp³-hybridized carbons (Fsp3) is 0.808. The van der Waals surface area contributed by atoms with Crippen LogP contribution in [0, 0.1) is 0 Å². The van der Waals surface area contributed by atoms with Crippen LogP contribution in [0.3, 0.4) is 0 Å². The van der Waals surface area contributed by atoms with Gasteiger partial charge in [0, 0.05) is 6.42 Å². The smallest absolute Gasteiger partial charge is 0.220 e. The summed E-state index contributed by atoms with van der Waals surface area (Å²) < 4.78 is 22.9. The molecular weight excluding hydrogens is 1160 g/mol. The SMILES string of the molecule is CC/C=C\C/C=C\C/C=C\C/C=C\C/C=C\C/C=C\C/C=C\CCCCCCCCCCCCCCCCCC(=O)NC(COC1OC(CO)C(OC2OC(CO)C(O)C(O)C2O)C(O)C1O)C(O)CCCCCCCCCCCCCCCCCCCCCCC. The predicted molar refractivity (Wildman–Crippen MR) is 378 cm³/mol. The van der Waals surface area contributed by atoms with Crippen molar-refractivity contribution in [1.82, 2.24) is 5.32 Å². The van der Waals surface area contributed by atoms with Crippen LogP contribution in [0.15, 0.2) is 85.1 Å². The number of ether oxygens (including phenoxy) is 4. The van der Waals surface area contributed by atoms with Gasteiger partial charge in [-0.2, -0.15) is 0 Å². The lowest BCUT2D eigenvalue weighted by atomic mass is 9.97. The van der Waals surface area contributed by atoms with Gasteiger partial charge in [0.15, 0.2) is 12.6 Å². The molecule has 2 fully saturated rings.